The Hall–Kier alpha value is -2.83. The van der Waals surface area contributed by atoms with E-state index in [-0.39, 0.29) is 11.6 Å². The van der Waals surface area contributed by atoms with Crippen LogP contribution in [0.5, 0.6) is 0 Å². The van der Waals surface area contributed by atoms with E-state index in [1.165, 1.54) is 17.2 Å². The van der Waals surface area contributed by atoms with Gasteiger partial charge in [-0.2, -0.15) is 18.3 Å². The lowest BCUT2D eigenvalue weighted by Crippen LogP contribution is -2.35. The molecular weight excluding hydrogens is 449 g/mol. The average molecular weight is 487 g/mol. The van der Waals surface area contributed by atoms with Crippen molar-refractivity contribution in [3.63, 3.8) is 0 Å². The highest BCUT2D eigenvalue weighted by molar-refractivity contribution is 5.66. The quantitative estimate of drug-likeness (QED) is 0.436. The smallest absolute Gasteiger partial charge is 0.376 e. The van der Waals surface area contributed by atoms with Gasteiger partial charge in [-0.1, -0.05) is 38.1 Å². The van der Waals surface area contributed by atoms with Gasteiger partial charge >= 0.3 is 6.18 Å². The molecule has 190 valence electrons. The van der Waals surface area contributed by atoms with Crippen LogP contribution < -0.4 is 4.90 Å². The molecule has 1 aromatic heterocycles. The van der Waals surface area contributed by atoms with Gasteiger partial charge in [0.05, 0.1) is 17.0 Å². The van der Waals surface area contributed by atoms with Crippen LogP contribution in [0.4, 0.5) is 18.9 Å². The molecule has 4 rings (SSSR count). The number of anilines is 1. The number of hydrogen-bond donors (Lipinski definition) is 0. The molecule has 0 radical (unpaired) electrons. The SMILES string of the molecule is C=C/C=C(/c1nnc(C2CCN(c3ccc(C)cc3C(F)(F)F)CC2)c2c1CCC2)N(C)C.CC. The van der Waals surface area contributed by atoms with Gasteiger partial charge in [0, 0.05) is 38.8 Å². The van der Waals surface area contributed by atoms with Crippen molar-refractivity contribution in [1.29, 1.82) is 0 Å². The molecule has 2 aromatic rings. The molecule has 0 atom stereocenters. The lowest BCUT2D eigenvalue weighted by Gasteiger charge is -2.35. The molecule has 0 amide bonds. The van der Waals surface area contributed by atoms with Crippen LogP contribution >= 0.6 is 0 Å². The molecule has 0 saturated carbocycles. The number of fused-ring (bicyclic) bond motifs is 1. The van der Waals surface area contributed by atoms with Gasteiger partial charge in [0.1, 0.15) is 5.69 Å². The van der Waals surface area contributed by atoms with E-state index in [1.54, 1.807) is 25.1 Å². The first-order chi connectivity index (χ1) is 16.7. The molecule has 1 fully saturated rings. The molecule has 7 heteroatoms. The van der Waals surface area contributed by atoms with Crippen LogP contribution in [0.15, 0.2) is 36.9 Å². The number of aryl methyl sites for hydroxylation is 1. The number of allylic oxidation sites excluding steroid dienone is 2. The van der Waals surface area contributed by atoms with Crippen LogP contribution in [0.2, 0.25) is 0 Å². The number of aromatic nitrogens is 2. The minimum absolute atomic E-state index is 0.223. The number of piperidine rings is 1. The summed E-state index contributed by atoms with van der Waals surface area (Å²) in [6.07, 6.45) is 3.95. The van der Waals surface area contributed by atoms with Crippen LogP contribution in [-0.4, -0.2) is 42.3 Å². The van der Waals surface area contributed by atoms with E-state index >= 15 is 0 Å². The fraction of sp³-hybridized carbons (Fsp3) is 0.500. The number of alkyl halides is 3. The van der Waals surface area contributed by atoms with Crippen LogP contribution in [0.3, 0.4) is 0 Å². The van der Waals surface area contributed by atoms with Gasteiger partial charge in [-0.15, -0.1) is 5.10 Å². The molecular formula is C28H37F3N4. The molecule has 1 saturated heterocycles. The van der Waals surface area contributed by atoms with Gasteiger partial charge in [-0.3, -0.25) is 0 Å². The highest BCUT2D eigenvalue weighted by Crippen LogP contribution is 2.41. The molecule has 2 heterocycles. The van der Waals surface area contributed by atoms with Gasteiger partial charge in [-0.25, -0.2) is 0 Å². The highest BCUT2D eigenvalue weighted by atomic mass is 19.4. The molecule has 35 heavy (non-hydrogen) atoms. The normalized spacial score (nSPS) is 16.5. The van der Waals surface area contributed by atoms with Gasteiger partial charge in [0.25, 0.3) is 0 Å². The fourth-order valence-corrected chi connectivity index (χ4v) is 5.14. The summed E-state index contributed by atoms with van der Waals surface area (Å²) >= 11 is 0. The van der Waals surface area contributed by atoms with Crippen LogP contribution in [0.25, 0.3) is 5.70 Å². The van der Waals surface area contributed by atoms with Gasteiger partial charge < -0.3 is 9.80 Å². The molecule has 0 unspecified atom stereocenters. The van der Waals surface area contributed by atoms with Crippen molar-refractivity contribution in [3.05, 3.63) is 70.6 Å². The zero-order valence-electron chi connectivity index (χ0n) is 21.5. The lowest BCUT2D eigenvalue weighted by molar-refractivity contribution is -0.137. The number of hydrogen-bond acceptors (Lipinski definition) is 4. The van der Waals surface area contributed by atoms with E-state index in [1.807, 2.05) is 43.8 Å². The Morgan fingerprint density at radius 3 is 2.34 bits per heavy atom. The summed E-state index contributed by atoms with van der Waals surface area (Å²) in [4.78, 5) is 3.90. The Bertz CT molecular complexity index is 1060. The first-order valence-corrected chi connectivity index (χ1v) is 12.5. The van der Waals surface area contributed by atoms with Crippen molar-refractivity contribution in [3.8, 4) is 0 Å². The Labute approximate surface area is 207 Å². The molecule has 0 spiro atoms. The first-order valence-electron chi connectivity index (χ1n) is 12.5. The number of nitrogens with zero attached hydrogens (tertiary/aromatic N) is 4. The highest BCUT2D eigenvalue weighted by Gasteiger charge is 2.36. The van der Waals surface area contributed by atoms with Crippen molar-refractivity contribution in [1.82, 2.24) is 15.1 Å². The molecule has 0 bridgehead atoms. The maximum absolute atomic E-state index is 13.6. The lowest BCUT2D eigenvalue weighted by atomic mass is 9.88. The number of rotatable bonds is 5. The van der Waals surface area contributed by atoms with Crippen molar-refractivity contribution in [2.45, 2.75) is 65.0 Å². The third-order valence-electron chi connectivity index (χ3n) is 6.75. The largest absolute Gasteiger partial charge is 0.418 e. The maximum Gasteiger partial charge on any atom is 0.418 e. The minimum atomic E-state index is -4.36. The van der Waals surface area contributed by atoms with E-state index in [9.17, 15) is 13.2 Å². The third-order valence-corrected chi connectivity index (χ3v) is 6.75. The Morgan fingerprint density at radius 2 is 1.74 bits per heavy atom. The molecule has 2 aliphatic rings. The Balaban J connectivity index is 0.00000167. The van der Waals surface area contributed by atoms with E-state index in [0.29, 0.717) is 18.7 Å². The van der Waals surface area contributed by atoms with Gasteiger partial charge in [0.15, 0.2) is 0 Å². The van der Waals surface area contributed by atoms with Crippen molar-refractivity contribution < 1.29 is 13.2 Å². The third kappa shape index (κ3) is 5.71. The summed E-state index contributed by atoms with van der Waals surface area (Å²) in [5, 5.41) is 9.30. The summed E-state index contributed by atoms with van der Waals surface area (Å²) in [6, 6.07) is 4.62. The van der Waals surface area contributed by atoms with Gasteiger partial charge in [0.2, 0.25) is 0 Å². The van der Waals surface area contributed by atoms with E-state index in [2.05, 4.69) is 16.8 Å². The predicted molar refractivity (Wildman–Crippen MR) is 138 cm³/mol. The average Bonchev–Trinajstić information content (AvgIpc) is 3.33. The molecule has 4 nitrogen and oxygen atoms in total. The second-order valence-electron chi connectivity index (χ2n) is 9.21. The minimum Gasteiger partial charge on any atom is -0.376 e. The van der Waals surface area contributed by atoms with Crippen LogP contribution in [0, 0.1) is 6.92 Å². The zero-order valence-corrected chi connectivity index (χ0v) is 21.5. The standard InChI is InChI=1S/C26H31F3N4.C2H6/c1-5-7-23(32(3)4)25-20-9-6-8-19(20)24(30-31-25)18-12-14-33(15-13-18)22-11-10-17(2)16-21(22)26(27,28)29;1-2/h5,7,10-11,16,18H,1,6,8-9,12-15H2,2-4H3;1-2H3/b23-7-;. The Kier molecular flexibility index (Phi) is 8.62. The second-order valence-corrected chi connectivity index (χ2v) is 9.21. The van der Waals surface area contributed by atoms with Crippen molar-refractivity contribution in [2.24, 2.45) is 0 Å². The fourth-order valence-electron chi connectivity index (χ4n) is 5.14. The molecule has 1 aliphatic heterocycles. The maximum atomic E-state index is 13.6. The summed E-state index contributed by atoms with van der Waals surface area (Å²) in [5.74, 6) is 0.223. The van der Waals surface area contributed by atoms with Gasteiger partial charge in [-0.05, 0) is 68.4 Å². The molecule has 1 aliphatic carbocycles. The first kappa shape index (κ1) is 26.8. The predicted octanol–water partition coefficient (Wildman–Crippen LogP) is 6.79. The van der Waals surface area contributed by atoms with Crippen LogP contribution in [-0.2, 0) is 19.0 Å². The monoisotopic (exact) mass is 486 g/mol. The van der Waals surface area contributed by atoms with E-state index in [0.717, 1.165) is 49.2 Å². The van der Waals surface area contributed by atoms with Crippen LogP contribution in [0.1, 0.15) is 72.7 Å². The van der Waals surface area contributed by atoms with E-state index in [4.69, 9.17) is 0 Å². The summed E-state index contributed by atoms with van der Waals surface area (Å²) in [5.41, 5.74) is 5.87. The Morgan fingerprint density at radius 1 is 1.09 bits per heavy atom. The summed E-state index contributed by atoms with van der Waals surface area (Å²) in [7, 11) is 3.98. The molecule has 1 aromatic carbocycles. The van der Waals surface area contributed by atoms with E-state index < -0.39 is 11.7 Å². The zero-order chi connectivity index (χ0) is 25.8. The van der Waals surface area contributed by atoms with Crippen molar-refractivity contribution >= 4 is 11.4 Å². The van der Waals surface area contributed by atoms with Crippen molar-refractivity contribution in [2.75, 3.05) is 32.1 Å². The summed E-state index contributed by atoms with van der Waals surface area (Å²) < 4.78 is 40.9. The second kappa shape index (κ2) is 11.3. The molecule has 0 N–H and O–H groups in total. The summed E-state index contributed by atoms with van der Waals surface area (Å²) in [6.45, 7) is 10.7. The number of benzene rings is 1. The topological polar surface area (TPSA) is 32.3 Å². The number of halogens is 3.